The molecule has 0 aliphatic heterocycles. The second-order valence-electron chi connectivity index (χ2n) is 7.71. The van der Waals surface area contributed by atoms with Crippen molar-refractivity contribution < 1.29 is 33.4 Å². The van der Waals surface area contributed by atoms with E-state index in [9.17, 15) is 19.2 Å². The van der Waals surface area contributed by atoms with Crippen molar-refractivity contribution in [2.24, 2.45) is 5.92 Å². The van der Waals surface area contributed by atoms with E-state index < -0.39 is 24.4 Å². The molecule has 0 aromatic heterocycles. The summed E-state index contributed by atoms with van der Waals surface area (Å²) in [6, 6.07) is 9.28. The fraction of sp³-hybridized carbons (Fsp3) is 0.333. The molecule has 0 heterocycles. The average molecular weight is 472 g/mol. The molecule has 182 valence electrons. The SMILES string of the molecule is COc1cc(NC(C)=O)c(C(=O)OCC(=O)Nc2ccccc2C(=O)NCC(C)C)cc1OC. The molecule has 2 aromatic carbocycles. The number of benzene rings is 2. The number of hydrogen-bond acceptors (Lipinski definition) is 7. The van der Waals surface area contributed by atoms with E-state index in [1.807, 2.05) is 13.8 Å². The minimum absolute atomic E-state index is 0.0193. The summed E-state index contributed by atoms with van der Waals surface area (Å²) in [5.74, 6) is -1.42. The summed E-state index contributed by atoms with van der Waals surface area (Å²) in [7, 11) is 2.81. The zero-order chi connectivity index (χ0) is 25.3. The summed E-state index contributed by atoms with van der Waals surface area (Å²) in [6.45, 7) is 5.10. The molecule has 2 aromatic rings. The van der Waals surface area contributed by atoms with Crippen LogP contribution in [-0.4, -0.2) is 51.1 Å². The molecule has 0 saturated carbocycles. The maximum Gasteiger partial charge on any atom is 0.340 e. The molecule has 0 spiro atoms. The van der Waals surface area contributed by atoms with Crippen LogP contribution in [0.4, 0.5) is 11.4 Å². The third kappa shape index (κ3) is 7.22. The molecule has 0 bridgehead atoms. The second-order valence-corrected chi connectivity index (χ2v) is 7.71. The number of ether oxygens (including phenoxy) is 3. The predicted molar refractivity (Wildman–Crippen MR) is 126 cm³/mol. The molecule has 0 saturated heterocycles. The quantitative estimate of drug-likeness (QED) is 0.454. The minimum atomic E-state index is -0.859. The number of esters is 1. The van der Waals surface area contributed by atoms with E-state index in [-0.39, 0.29) is 40.1 Å². The Morgan fingerprint density at radius 1 is 0.882 bits per heavy atom. The van der Waals surface area contributed by atoms with Gasteiger partial charge >= 0.3 is 5.97 Å². The van der Waals surface area contributed by atoms with Gasteiger partial charge in [0.15, 0.2) is 18.1 Å². The van der Waals surface area contributed by atoms with Gasteiger partial charge in [-0.2, -0.15) is 0 Å². The standard InChI is InChI=1S/C24H29N3O7/c1-14(2)12-25-23(30)16-8-6-7-9-18(16)27-22(29)13-34-24(31)17-10-20(32-4)21(33-5)11-19(17)26-15(3)28/h6-11,14H,12-13H2,1-5H3,(H,25,30)(H,26,28)(H,27,29). The number of amides is 3. The molecule has 0 unspecified atom stereocenters. The first-order valence-electron chi connectivity index (χ1n) is 10.5. The van der Waals surface area contributed by atoms with E-state index in [1.54, 1.807) is 24.3 Å². The van der Waals surface area contributed by atoms with Crippen LogP contribution in [0.25, 0.3) is 0 Å². The van der Waals surface area contributed by atoms with Gasteiger partial charge in [0.1, 0.15) is 0 Å². The van der Waals surface area contributed by atoms with Crippen molar-refractivity contribution in [3.05, 3.63) is 47.5 Å². The van der Waals surface area contributed by atoms with Gasteiger partial charge in [-0.1, -0.05) is 26.0 Å². The Kier molecular flexibility index (Phi) is 9.42. The van der Waals surface area contributed by atoms with Crippen LogP contribution < -0.4 is 25.4 Å². The zero-order valence-electron chi connectivity index (χ0n) is 19.8. The number of methoxy groups -OCH3 is 2. The molecule has 34 heavy (non-hydrogen) atoms. The van der Waals surface area contributed by atoms with Crippen molar-refractivity contribution in [2.75, 3.05) is 38.0 Å². The molecule has 0 atom stereocenters. The van der Waals surface area contributed by atoms with E-state index in [0.717, 1.165) is 0 Å². The van der Waals surface area contributed by atoms with Crippen LogP contribution in [0.5, 0.6) is 11.5 Å². The van der Waals surface area contributed by atoms with Crippen LogP contribution in [0.2, 0.25) is 0 Å². The lowest BCUT2D eigenvalue weighted by Crippen LogP contribution is -2.29. The highest BCUT2D eigenvalue weighted by Crippen LogP contribution is 2.33. The lowest BCUT2D eigenvalue weighted by atomic mass is 10.1. The van der Waals surface area contributed by atoms with Crippen molar-refractivity contribution in [2.45, 2.75) is 20.8 Å². The van der Waals surface area contributed by atoms with Gasteiger partial charge in [-0.25, -0.2) is 4.79 Å². The van der Waals surface area contributed by atoms with E-state index in [1.165, 1.54) is 33.3 Å². The van der Waals surface area contributed by atoms with E-state index in [2.05, 4.69) is 16.0 Å². The largest absolute Gasteiger partial charge is 0.493 e. The highest BCUT2D eigenvalue weighted by molar-refractivity contribution is 6.05. The highest BCUT2D eigenvalue weighted by atomic mass is 16.5. The van der Waals surface area contributed by atoms with Gasteiger partial charge in [-0.3, -0.25) is 14.4 Å². The minimum Gasteiger partial charge on any atom is -0.493 e. The van der Waals surface area contributed by atoms with Gasteiger partial charge in [0.25, 0.3) is 11.8 Å². The van der Waals surface area contributed by atoms with Crippen molar-refractivity contribution in [3.63, 3.8) is 0 Å². The lowest BCUT2D eigenvalue weighted by Gasteiger charge is -2.15. The number of para-hydroxylation sites is 1. The van der Waals surface area contributed by atoms with Gasteiger partial charge < -0.3 is 30.2 Å². The highest BCUT2D eigenvalue weighted by Gasteiger charge is 2.20. The first kappa shape index (κ1) is 26.2. The average Bonchev–Trinajstić information content (AvgIpc) is 2.80. The van der Waals surface area contributed by atoms with Gasteiger partial charge in [0, 0.05) is 25.6 Å². The van der Waals surface area contributed by atoms with Crippen molar-refractivity contribution in [3.8, 4) is 11.5 Å². The molecule has 0 aliphatic carbocycles. The maximum absolute atomic E-state index is 12.7. The Labute approximate surface area is 198 Å². The summed E-state index contributed by atoms with van der Waals surface area (Å²) >= 11 is 0. The van der Waals surface area contributed by atoms with Gasteiger partial charge in [0.2, 0.25) is 5.91 Å². The third-order valence-electron chi connectivity index (χ3n) is 4.51. The topological polar surface area (TPSA) is 132 Å². The summed E-state index contributed by atoms with van der Waals surface area (Å²) in [5, 5.41) is 7.90. The molecular weight excluding hydrogens is 442 g/mol. The molecule has 0 aliphatic rings. The molecule has 10 heteroatoms. The summed E-state index contributed by atoms with van der Waals surface area (Å²) in [6.07, 6.45) is 0. The number of anilines is 2. The normalized spacial score (nSPS) is 10.3. The molecule has 10 nitrogen and oxygen atoms in total. The van der Waals surface area contributed by atoms with E-state index in [4.69, 9.17) is 14.2 Å². The third-order valence-corrected chi connectivity index (χ3v) is 4.51. The van der Waals surface area contributed by atoms with Crippen LogP contribution in [-0.2, 0) is 14.3 Å². The number of nitrogens with one attached hydrogen (secondary N) is 3. The first-order chi connectivity index (χ1) is 16.2. The number of carbonyl (C=O) groups is 4. The van der Waals surface area contributed by atoms with Gasteiger partial charge in [0.05, 0.1) is 36.7 Å². The van der Waals surface area contributed by atoms with E-state index >= 15 is 0 Å². The van der Waals surface area contributed by atoms with Crippen LogP contribution in [0.1, 0.15) is 41.5 Å². The molecule has 2 rings (SSSR count). The fourth-order valence-corrected chi connectivity index (χ4v) is 2.92. The van der Waals surface area contributed by atoms with E-state index in [0.29, 0.717) is 12.3 Å². The van der Waals surface area contributed by atoms with Crippen molar-refractivity contribution >= 4 is 35.1 Å². The second kappa shape index (κ2) is 12.2. The van der Waals surface area contributed by atoms with Crippen LogP contribution in [0.15, 0.2) is 36.4 Å². The van der Waals surface area contributed by atoms with Crippen molar-refractivity contribution in [1.29, 1.82) is 0 Å². The maximum atomic E-state index is 12.7. The Morgan fingerprint density at radius 2 is 1.53 bits per heavy atom. The smallest absolute Gasteiger partial charge is 0.340 e. The predicted octanol–water partition coefficient (Wildman–Crippen LogP) is 2.84. The fourth-order valence-electron chi connectivity index (χ4n) is 2.92. The Bertz CT molecular complexity index is 1070. The summed E-state index contributed by atoms with van der Waals surface area (Å²) in [5.41, 5.74) is 0.697. The Balaban J connectivity index is 2.12. The molecule has 0 fully saturated rings. The molecule has 3 amide bonds. The summed E-state index contributed by atoms with van der Waals surface area (Å²) in [4.78, 5) is 49.1. The zero-order valence-corrected chi connectivity index (χ0v) is 19.8. The number of rotatable bonds is 10. The number of hydrogen-bond donors (Lipinski definition) is 3. The summed E-state index contributed by atoms with van der Waals surface area (Å²) < 4.78 is 15.5. The van der Waals surface area contributed by atoms with Gasteiger partial charge in [-0.05, 0) is 18.1 Å². The Hall–Kier alpha value is -4.08. The molecule has 3 N–H and O–H groups in total. The van der Waals surface area contributed by atoms with Crippen LogP contribution in [0, 0.1) is 5.92 Å². The van der Waals surface area contributed by atoms with Crippen molar-refractivity contribution in [1.82, 2.24) is 5.32 Å². The first-order valence-corrected chi connectivity index (χ1v) is 10.5. The van der Waals surface area contributed by atoms with Crippen LogP contribution >= 0.6 is 0 Å². The monoisotopic (exact) mass is 471 g/mol. The Morgan fingerprint density at radius 3 is 2.15 bits per heavy atom. The number of carbonyl (C=O) groups excluding carboxylic acids is 4. The molecular formula is C24H29N3O7. The van der Waals surface area contributed by atoms with Gasteiger partial charge in [-0.15, -0.1) is 0 Å². The lowest BCUT2D eigenvalue weighted by molar-refractivity contribution is -0.119. The molecule has 0 radical (unpaired) electrons. The van der Waals surface area contributed by atoms with Crippen LogP contribution in [0.3, 0.4) is 0 Å².